The number of ether oxygens (including phenoxy) is 1. The van der Waals surface area contributed by atoms with Gasteiger partial charge in [0.1, 0.15) is 6.04 Å². The Morgan fingerprint density at radius 1 is 1.35 bits per heavy atom. The number of benzene rings is 1. The van der Waals surface area contributed by atoms with Crippen LogP contribution < -0.4 is 4.90 Å². The second-order valence-corrected chi connectivity index (χ2v) is 4.81. The fraction of sp³-hybridized carbons (Fsp3) is 0.467. The van der Waals surface area contributed by atoms with Crippen LogP contribution in [0.1, 0.15) is 25.3 Å². The molecule has 108 valence electrons. The molecule has 0 spiro atoms. The average molecular weight is 277 g/mol. The second kappa shape index (κ2) is 6.52. The smallest absolute Gasteiger partial charge is 0.327 e. The normalized spacial score (nSPS) is 17.1. The maximum absolute atomic E-state index is 12.3. The minimum absolute atomic E-state index is 0.196. The summed E-state index contributed by atoms with van der Waals surface area (Å²) < 4.78 is 5.30. The van der Waals surface area contributed by atoms with Crippen molar-refractivity contribution in [3.8, 4) is 0 Å². The van der Waals surface area contributed by atoms with Gasteiger partial charge in [-0.15, -0.1) is 0 Å². The minimum atomic E-state index is -0.968. The third kappa shape index (κ3) is 2.99. The number of carbonyl (C=O) groups is 2. The van der Waals surface area contributed by atoms with E-state index in [1.165, 1.54) is 4.90 Å². The van der Waals surface area contributed by atoms with Gasteiger partial charge < -0.3 is 9.84 Å². The Hall–Kier alpha value is -1.88. The molecular formula is C15H19NO4. The zero-order valence-corrected chi connectivity index (χ0v) is 11.5. The van der Waals surface area contributed by atoms with Crippen LogP contribution in [0.5, 0.6) is 0 Å². The number of anilines is 1. The van der Waals surface area contributed by atoms with Crippen LogP contribution in [0, 0.1) is 0 Å². The van der Waals surface area contributed by atoms with Gasteiger partial charge in [-0.2, -0.15) is 0 Å². The molecule has 1 N–H and O–H groups in total. The fourth-order valence-electron chi connectivity index (χ4n) is 2.42. The summed E-state index contributed by atoms with van der Waals surface area (Å²) in [6.07, 6.45) is 1.48. The number of amides is 1. The first kappa shape index (κ1) is 14.5. The molecule has 2 rings (SSSR count). The first-order valence-electron chi connectivity index (χ1n) is 6.85. The standard InChI is InChI=1S/C15H19NO4/c1-2-8-20-9-7-14(17)16-12-6-4-3-5-11(12)10-13(16)15(18)19/h3-6,13H,2,7-10H2,1H3,(H,18,19). The maximum atomic E-state index is 12.3. The third-order valence-corrected chi connectivity index (χ3v) is 3.34. The van der Waals surface area contributed by atoms with Crippen molar-refractivity contribution in [3.05, 3.63) is 29.8 Å². The van der Waals surface area contributed by atoms with Crippen LogP contribution in [0.3, 0.4) is 0 Å². The van der Waals surface area contributed by atoms with Crippen molar-refractivity contribution in [2.75, 3.05) is 18.1 Å². The van der Waals surface area contributed by atoms with E-state index in [4.69, 9.17) is 4.74 Å². The van der Waals surface area contributed by atoms with Gasteiger partial charge in [0.2, 0.25) is 5.91 Å². The van der Waals surface area contributed by atoms with Crippen LogP contribution in [0.4, 0.5) is 5.69 Å². The molecule has 1 aromatic carbocycles. The molecule has 1 heterocycles. The summed E-state index contributed by atoms with van der Waals surface area (Å²) in [5.74, 6) is -1.16. The predicted molar refractivity (Wildman–Crippen MR) is 74.8 cm³/mol. The lowest BCUT2D eigenvalue weighted by Gasteiger charge is -2.22. The Labute approximate surface area is 118 Å². The number of carboxylic acids is 1. The van der Waals surface area contributed by atoms with Crippen molar-refractivity contribution >= 4 is 17.6 Å². The van der Waals surface area contributed by atoms with Crippen LogP contribution in [-0.2, 0) is 20.7 Å². The van der Waals surface area contributed by atoms with Crippen molar-refractivity contribution in [1.82, 2.24) is 0 Å². The summed E-state index contributed by atoms with van der Waals surface area (Å²) in [5, 5.41) is 9.29. The summed E-state index contributed by atoms with van der Waals surface area (Å²) in [5.41, 5.74) is 1.61. The van der Waals surface area contributed by atoms with E-state index in [2.05, 4.69) is 0 Å². The first-order valence-corrected chi connectivity index (χ1v) is 6.85. The number of hydrogen-bond donors (Lipinski definition) is 1. The van der Waals surface area contributed by atoms with Crippen LogP contribution in [0.15, 0.2) is 24.3 Å². The van der Waals surface area contributed by atoms with Gasteiger partial charge in [0.05, 0.1) is 13.0 Å². The van der Waals surface area contributed by atoms with Crippen molar-refractivity contribution in [3.63, 3.8) is 0 Å². The zero-order chi connectivity index (χ0) is 14.5. The molecule has 0 fully saturated rings. The van der Waals surface area contributed by atoms with Crippen molar-refractivity contribution in [1.29, 1.82) is 0 Å². The molecule has 0 saturated heterocycles. The molecule has 0 radical (unpaired) electrons. The Bertz CT molecular complexity index is 500. The summed E-state index contributed by atoms with van der Waals surface area (Å²) >= 11 is 0. The zero-order valence-electron chi connectivity index (χ0n) is 11.5. The number of carboxylic acid groups (broad SMARTS) is 1. The number of aliphatic carboxylic acids is 1. The van der Waals surface area contributed by atoms with E-state index in [1.807, 2.05) is 25.1 Å². The van der Waals surface area contributed by atoms with Gasteiger partial charge >= 0.3 is 5.97 Å². The molecule has 5 nitrogen and oxygen atoms in total. The van der Waals surface area contributed by atoms with Crippen LogP contribution in [0.2, 0.25) is 0 Å². The molecule has 0 aliphatic carbocycles. The lowest BCUT2D eigenvalue weighted by Crippen LogP contribution is -2.43. The van der Waals surface area contributed by atoms with E-state index in [0.29, 0.717) is 25.3 Å². The van der Waals surface area contributed by atoms with Gasteiger partial charge in [0.25, 0.3) is 0 Å². The highest BCUT2D eigenvalue weighted by molar-refractivity contribution is 6.01. The van der Waals surface area contributed by atoms with Crippen molar-refractivity contribution in [2.24, 2.45) is 0 Å². The SMILES string of the molecule is CCCOCCC(=O)N1c2ccccc2CC1C(=O)O. The molecule has 1 amide bonds. The van der Waals surface area contributed by atoms with E-state index in [0.717, 1.165) is 12.0 Å². The number of para-hydroxylation sites is 1. The summed E-state index contributed by atoms with van der Waals surface area (Å²) in [6, 6.07) is 6.54. The fourth-order valence-corrected chi connectivity index (χ4v) is 2.42. The molecule has 1 aliphatic rings. The monoisotopic (exact) mass is 277 g/mol. The molecule has 0 saturated carbocycles. The van der Waals surface area contributed by atoms with Gasteiger partial charge in [-0.25, -0.2) is 4.79 Å². The van der Waals surface area contributed by atoms with Crippen molar-refractivity contribution < 1.29 is 19.4 Å². The third-order valence-electron chi connectivity index (χ3n) is 3.34. The van der Waals surface area contributed by atoms with Crippen LogP contribution >= 0.6 is 0 Å². The van der Waals surface area contributed by atoms with Crippen LogP contribution in [0.25, 0.3) is 0 Å². The second-order valence-electron chi connectivity index (χ2n) is 4.81. The molecular weight excluding hydrogens is 258 g/mol. The van der Waals surface area contributed by atoms with Gasteiger partial charge in [-0.05, 0) is 18.1 Å². The maximum Gasteiger partial charge on any atom is 0.327 e. The van der Waals surface area contributed by atoms with E-state index in [-0.39, 0.29) is 12.3 Å². The van der Waals surface area contributed by atoms with Gasteiger partial charge in [-0.3, -0.25) is 9.69 Å². The van der Waals surface area contributed by atoms with E-state index < -0.39 is 12.0 Å². The molecule has 0 bridgehead atoms. The highest BCUT2D eigenvalue weighted by atomic mass is 16.5. The highest BCUT2D eigenvalue weighted by Gasteiger charge is 2.37. The Morgan fingerprint density at radius 2 is 2.10 bits per heavy atom. The summed E-state index contributed by atoms with van der Waals surface area (Å²) in [7, 11) is 0. The van der Waals surface area contributed by atoms with E-state index in [1.54, 1.807) is 6.07 Å². The molecule has 20 heavy (non-hydrogen) atoms. The van der Waals surface area contributed by atoms with Crippen molar-refractivity contribution in [2.45, 2.75) is 32.2 Å². The molecule has 5 heteroatoms. The highest BCUT2D eigenvalue weighted by Crippen LogP contribution is 2.32. The number of fused-ring (bicyclic) bond motifs is 1. The van der Waals surface area contributed by atoms with E-state index in [9.17, 15) is 14.7 Å². The Kier molecular flexibility index (Phi) is 4.74. The van der Waals surface area contributed by atoms with Gasteiger partial charge in [0, 0.05) is 18.7 Å². The topological polar surface area (TPSA) is 66.8 Å². The summed E-state index contributed by atoms with van der Waals surface area (Å²) in [4.78, 5) is 25.0. The largest absolute Gasteiger partial charge is 0.480 e. The lowest BCUT2D eigenvalue weighted by molar-refractivity contribution is -0.140. The van der Waals surface area contributed by atoms with Crippen LogP contribution in [-0.4, -0.2) is 36.2 Å². The minimum Gasteiger partial charge on any atom is -0.480 e. The Morgan fingerprint density at radius 3 is 2.80 bits per heavy atom. The van der Waals surface area contributed by atoms with E-state index >= 15 is 0 Å². The lowest BCUT2D eigenvalue weighted by atomic mass is 10.1. The first-order chi connectivity index (χ1) is 9.65. The molecule has 1 unspecified atom stereocenters. The number of carbonyl (C=O) groups excluding carboxylic acids is 1. The van der Waals surface area contributed by atoms with Gasteiger partial charge in [0.15, 0.2) is 0 Å². The molecule has 1 aromatic rings. The molecule has 1 atom stereocenters. The van der Waals surface area contributed by atoms with Gasteiger partial charge in [-0.1, -0.05) is 25.1 Å². The predicted octanol–water partition coefficient (Wildman–Crippen LogP) is 1.85. The molecule has 1 aliphatic heterocycles. The number of nitrogens with zero attached hydrogens (tertiary/aromatic N) is 1. The average Bonchev–Trinajstić information content (AvgIpc) is 2.83. The number of hydrogen-bond acceptors (Lipinski definition) is 3. The molecule has 0 aromatic heterocycles. The quantitative estimate of drug-likeness (QED) is 0.806. The summed E-state index contributed by atoms with van der Waals surface area (Å²) in [6.45, 7) is 2.95. The number of rotatable bonds is 6. The Balaban J connectivity index is 2.10.